The van der Waals surface area contributed by atoms with Gasteiger partial charge in [-0.3, -0.25) is 4.79 Å². The summed E-state index contributed by atoms with van der Waals surface area (Å²) in [5, 5.41) is 1.03. The highest BCUT2D eigenvalue weighted by Gasteiger charge is 2.11. The smallest absolute Gasteiger partial charge is 0.185 e. The number of benzene rings is 1. The Balaban J connectivity index is 2.25. The highest BCUT2D eigenvalue weighted by atomic mass is 16.5. The van der Waals surface area contributed by atoms with Gasteiger partial charge in [0, 0.05) is 28.7 Å². The van der Waals surface area contributed by atoms with Crippen molar-refractivity contribution in [3.8, 4) is 17.1 Å². The van der Waals surface area contributed by atoms with E-state index < -0.39 is 0 Å². The van der Waals surface area contributed by atoms with E-state index in [1.807, 2.05) is 24.4 Å². The molecule has 0 aliphatic rings. The molecule has 0 spiro atoms. The Bertz CT molecular complexity index is 709. The molecule has 0 amide bonds. The summed E-state index contributed by atoms with van der Waals surface area (Å²) in [6.07, 6.45) is 2.55. The van der Waals surface area contributed by atoms with Gasteiger partial charge >= 0.3 is 0 Å². The molecule has 0 aliphatic carbocycles. The molecule has 0 saturated carbocycles. The van der Waals surface area contributed by atoms with E-state index in [1.165, 1.54) is 0 Å². The molecule has 0 saturated heterocycles. The van der Waals surface area contributed by atoms with E-state index >= 15 is 0 Å². The van der Waals surface area contributed by atoms with Gasteiger partial charge < -0.3 is 14.1 Å². The Morgan fingerprint density at radius 3 is 2.89 bits per heavy atom. The van der Waals surface area contributed by atoms with E-state index in [9.17, 15) is 4.79 Å². The molecule has 2 heterocycles. The number of ether oxygens (including phenoxy) is 1. The van der Waals surface area contributed by atoms with E-state index in [0.29, 0.717) is 17.8 Å². The van der Waals surface area contributed by atoms with Crippen LogP contribution in [0.1, 0.15) is 10.6 Å². The zero-order chi connectivity index (χ0) is 12.5. The number of rotatable bonds is 3. The summed E-state index contributed by atoms with van der Waals surface area (Å²) in [6.45, 7) is 0. The third-order valence-electron chi connectivity index (χ3n) is 2.89. The van der Waals surface area contributed by atoms with Crippen LogP contribution in [0, 0.1) is 0 Å². The minimum Gasteiger partial charge on any atom is -0.497 e. The normalized spacial score (nSPS) is 10.7. The molecule has 0 bridgehead atoms. The summed E-state index contributed by atoms with van der Waals surface area (Å²) >= 11 is 0. The summed E-state index contributed by atoms with van der Waals surface area (Å²) in [5.74, 6) is 1.71. The molecule has 3 aromatic rings. The molecule has 0 atom stereocenters. The lowest BCUT2D eigenvalue weighted by Crippen LogP contribution is -1.85. The number of hydrogen-bond donors (Lipinski definition) is 1. The van der Waals surface area contributed by atoms with Crippen LogP contribution in [-0.2, 0) is 0 Å². The zero-order valence-electron chi connectivity index (χ0n) is 9.77. The summed E-state index contributed by atoms with van der Waals surface area (Å²) in [5.41, 5.74) is 1.87. The van der Waals surface area contributed by atoms with E-state index in [2.05, 4.69) is 4.98 Å². The van der Waals surface area contributed by atoms with Crippen molar-refractivity contribution in [3.63, 3.8) is 0 Å². The summed E-state index contributed by atoms with van der Waals surface area (Å²) in [7, 11) is 1.62. The SMILES string of the molecule is COc1cc(-c2ccc(C=O)o2)c2cc[nH]c2c1. The fourth-order valence-corrected chi connectivity index (χ4v) is 2.02. The molecule has 0 unspecified atom stereocenters. The lowest BCUT2D eigenvalue weighted by Gasteiger charge is -2.04. The number of aromatic nitrogens is 1. The van der Waals surface area contributed by atoms with Crippen LogP contribution in [-0.4, -0.2) is 18.4 Å². The second-order valence-corrected chi connectivity index (χ2v) is 3.93. The number of methoxy groups -OCH3 is 1. The van der Waals surface area contributed by atoms with Gasteiger partial charge in [0.25, 0.3) is 0 Å². The molecule has 1 N–H and O–H groups in total. The van der Waals surface area contributed by atoms with Crippen LogP contribution < -0.4 is 4.74 Å². The fraction of sp³-hybridized carbons (Fsp3) is 0.0714. The van der Waals surface area contributed by atoms with Gasteiger partial charge in [-0.05, 0) is 24.3 Å². The maximum absolute atomic E-state index is 10.7. The number of aldehydes is 1. The summed E-state index contributed by atoms with van der Waals surface area (Å²) in [6, 6.07) is 9.21. The monoisotopic (exact) mass is 241 g/mol. The molecule has 2 aromatic heterocycles. The Hall–Kier alpha value is -2.49. The molecule has 0 fully saturated rings. The zero-order valence-corrected chi connectivity index (χ0v) is 9.77. The third kappa shape index (κ3) is 1.59. The Morgan fingerprint density at radius 2 is 2.17 bits per heavy atom. The van der Waals surface area contributed by atoms with Crippen molar-refractivity contribution in [2.75, 3.05) is 7.11 Å². The molecule has 90 valence electrons. The minimum absolute atomic E-state index is 0.316. The van der Waals surface area contributed by atoms with Crippen LogP contribution >= 0.6 is 0 Å². The second kappa shape index (κ2) is 4.07. The lowest BCUT2D eigenvalue weighted by molar-refractivity contribution is 0.110. The third-order valence-corrected chi connectivity index (χ3v) is 2.89. The second-order valence-electron chi connectivity index (χ2n) is 3.93. The Morgan fingerprint density at radius 1 is 1.28 bits per heavy atom. The van der Waals surface area contributed by atoms with E-state index in [4.69, 9.17) is 9.15 Å². The van der Waals surface area contributed by atoms with Crippen molar-refractivity contribution in [2.45, 2.75) is 0 Å². The van der Waals surface area contributed by atoms with Gasteiger partial charge in [0.1, 0.15) is 11.5 Å². The minimum atomic E-state index is 0.316. The van der Waals surface area contributed by atoms with Gasteiger partial charge in [-0.2, -0.15) is 0 Å². The van der Waals surface area contributed by atoms with Gasteiger partial charge in [-0.1, -0.05) is 0 Å². The van der Waals surface area contributed by atoms with Crippen LogP contribution in [0.2, 0.25) is 0 Å². The molecule has 18 heavy (non-hydrogen) atoms. The first kappa shape index (κ1) is 10.7. The summed E-state index contributed by atoms with van der Waals surface area (Å²) in [4.78, 5) is 13.8. The lowest BCUT2D eigenvalue weighted by atomic mass is 10.1. The highest BCUT2D eigenvalue weighted by Crippen LogP contribution is 2.33. The largest absolute Gasteiger partial charge is 0.497 e. The van der Waals surface area contributed by atoms with Crippen molar-refractivity contribution < 1.29 is 13.9 Å². The maximum atomic E-state index is 10.7. The predicted octanol–water partition coefficient (Wildman–Crippen LogP) is 3.25. The van der Waals surface area contributed by atoms with Gasteiger partial charge in [0.05, 0.1) is 7.11 Å². The Kier molecular flexibility index (Phi) is 2.41. The van der Waals surface area contributed by atoms with E-state index in [-0.39, 0.29) is 0 Å². The van der Waals surface area contributed by atoms with Gasteiger partial charge in [-0.15, -0.1) is 0 Å². The van der Waals surface area contributed by atoms with Crippen molar-refractivity contribution in [3.05, 3.63) is 42.3 Å². The topological polar surface area (TPSA) is 55.2 Å². The first-order valence-electron chi connectivity index (χ1n) is 5.52. The number of nitrogens with one attached hydrogen (secondary N) is 1. The van der Waals surface area contributed by atoms with Crippen LogP contribution in [0.3, 0.4) is 0 Å². The first-order valence-corrected chi connectivity index (χ1v) is 5.52. The molecule has 4 nitrogen and oxygen atoms in total. The highest BCUT2D eigenvalue weighted by molar-refractivity contribution is 5.95. The average molecular weight is 241 g/mol. The van der Waals surface area contributed by atoms with Crippen LogP contribution in [0.15, 0.2) is 40.9 Å². The van der Waals surface area contributed by atoms with Crippen molar-refractivity contribution >= 4 is 17.2 Å². The van der Waals surface area contributed by atoms with Crippen molar-refractivity contribution in [2.24, 2.45) is 0 Å². The number of carbonyl (C=O) groups excluding carboxylic acids is 1. The fourth-order valence-electron chi connectivity index (χ4n) is 2.02. The van der Waals surface area contributed by atoms with Gasteiger partial charge in [-0.25, -0.2) is 0 Å². The van der Waals surface area contributed by atoms with Gasteiger partial charge in [0.2, 0.25) is 0 Å². The van der Waals surface area contributed by atoms with Crippen LogP contribution in [0.25, 0.3) is 22.2 Å². The standard InChI is InChI=1S/C14H11NO3/c1-17-10-6-12(11-4-5-15-13(11)7-10)14-3-2-9(8-16)18-14/h2-8,15H,1H3. The molecule has 1 aromatic carbocycles. The average Bonchev–Trinajstić information content (AvgIpc) is 3.05. The number of hydrogen-bond acceptors (Lipinski definition) is 3. The number of fused-ring (bicyclic) bond motifs is 1. The van der Waals surface area contributed by atoms with E-state index in [1.54, 1.807) is 19.2 Å². The van der Waals surface area contributed by atoms with Crippen molar-refractivity contribution in [1.82, 2.24) is 4.98 Å². The molecular formula is C14H11NO3. The number of aromatic amines is 1. The van der Waals surface area contributed by atoms with Crippen LogP contribution in [0.5, 0.6) is 5.75 Å². The number of furan rings is 1. The molecule has 3 rings (SSSR count). The van der Waals surface area contributed by atoms with Crippen LogP contribution in [0.4, 0.5) is 0 Å². The molecule has 4 heteroatoms. The quantitative estimate of drug-likeness (QED) is 0.716. The predicted molar refractivity (Wildman–Crippen MR) is 67.9 cm³/mol. The van der Waals surface area contributed by atoms with Crippen molar-refractivity contribution in [1.29, 1.82) is 0 Å². The van der Waals surface area contributed by atoms with E-state index in [0.717, 1.165) is 22.2 Å². The summed E-state index contributed by atoms with van der Waals surface area (Å²) < 4.78 is 10.7. The Labute approximate surface area is 103 Å². The first-order chi connectivity index (χ1) is 8.81. The number of H-pyrrole nitrogens is 1. The van der Waals surface area contributed by atoms with Gasteiger partial charge in [0.15, 0.2) is 12.0 Å². The molecule has 0 radical (unpaired) electrons. The maximum Gasteiger partial charge on any atom is 0.185 e. The number of carbonyl (C=O) groups is 1. The molecular weight excluding hydrogens is 230 g/mol. The molecule has 0 aliphatic heterocycles.